The average Bonchev–Trinajstić information content (AvgIpc) is 2.48. The molecule has 3 aromatic rings. The van der Waals surface area contributed by atoms with Crippen molar-refractivity contribution >= 4 is 10.9 Å². The van der Waals surface area contributed by atoms with Crippen molar-refractivity contribution in [3.8, 4) is 22.6 Å². The van der Waals surface area contributed by atoms with Crippen molar-refractivity contribution in [1.82, 2.24) is 9.97 Å². The van der Waals surface area contributed by atoms with Gasteiger partial charge in [0.15, 0.2) is 0 Å². The van der Waals surface area contributed by atoms with Crippen LogP contribution in [-0.2, 0) is 0 Å². The number of phenolic OH excluding ortho intramolecular Hbond substituents is 1. The van der Waals surface area contributed by atoms with E-state index in [1.54, 1.807) is 19.2 Å². The van der Waals surface area contributed by atoms with Crippen LogP contribution in [0.2, 0.25) is 0 Å². The minimum Gasteiger partial charge on any atom is -0.506 e. The van der Waals surface area contributed by atoms with E-state index in [1.807, 2.05) is 25.1 Å². The fourth-order valence-corrected chi connectivity index (χ4v) is 2.36. The molecular formula is C16H14N2O3. The van der Waals surface area contributed by atoms with Crippen LogP contribution in [0.5, 0.6) is 11.5 Å². The number of aromatic amines is 1. The summed E-state index contributed by atoms with van der Waals surface area (Å²) in [6, 6.07) is 9.05. The second-order valence-electron chi connectivity index (χ2n) is 4.83. The fourth-order valence-electron chi connectivity index (χ4n) is 2.36. The van der Waals surface area contributed by atoms with Gasteiger partial charge in [-0.1, -0.05) is 11.6 Å². The molecule has 5 heteroatoms. The summed E-state index contributed by atoms with van der Waals surface area (Å²) >= 11 is 0. The first-order chi connectivity index (χ1) is 10.1. The number of aromatic hydroxyl groups is 1. The first-order valence-electron chi connectivity index (χ1n) is 6.45. The van der Waals surface area contributed by atoms with Crippen molar-refractivity contribution in [1.29, 1.82) is 0 Å². The SMILES string of the molecule is COc1ccc(C)cc1-c1cc(O)c2nc[nH]c(=O)c2c1. The molecule has 2 aromatic carbocycles. The second kappa shape index (κ2) is 4.94. The third-order valence-corrected chi connectivity index (χ3v) is 3.39. The summed E-state index contributed by atoms with van der Waals surface area (Å²) in [5.41, 5.74) is 2.58. The molecule has 0 radical (unpaired) electrons. The molecule has 21 heavy (non-hydrogen) atoms. The van der Waals surface area contributed by atoms with E-state index in [0.29, 0.717) is 16.7 Å². The predicted octanol–water partition coefficient (Wildman–Crippen LogP) is 2.61. The Morgan fingerprint density at radius 3 is 2.81 bits per heavy atom. The Balaban J connectivity index is 2.34. The largest absolute Gasteiger partial charge is 0.506 e. The number of benzene rings is 2. The lowest BCUT2D eigenvalue weighted by atomic mass is 10.0. The molecule has 0 atom stereocenters. The zero-order valence-electron chi connectivity index (χ0n) is 11.7. The maximum atomic E-state index is 11.9. The molecule has 2 N–H and O–H groups in total. The van der Waals surface area contributed by atoms with Gasteiger partial charge in [-0.15, -0.1) is 0 Å². The van der Waals surface area contributed by atoms with Gasteiger partial charge in [-0.2, -0.15) is 0 Å². The molecule has 3 rings (SSSR count). The molecule has 0 bridgehead atoms. The molecule has 0 saturated heterocycles. The van der Waals surface area contributed by atoms with Gasteiger partial charge in [0.1, 0.15) is 17.0 Å². The van der Waals surface area contributed by atoms with Gasteiger partial charge >= 0.3 is 0 Å². The summed E-state index contributed by atoms with van der Waals surface area (Å²) in [5.74, 6) is 0.650. The predicted molar refractivity (Wildman–Crippen MR) is 80.8 cm³/mol. The summed E-state index contributed by atoms with van der Waals surface area (Å²) < 4.78 is 5.35. The van der Waals surface area contributed by atoms with Gasteiger partial charge in [-0.3, -0.25) is 4.79 Å². The third kappa shape index (κ3) is 2.23. The molecule has 0 spiro atoms. The van der Waals surface area contributed by atoms with Crippen LogP contribution < -0.4 is 10.3 Å². The maximum absolute atomic E-state index is 11.9. The zero-order valence-corrected chi connectivity index (χ0v) is 11.7. The Morgan fingerprint density at radius 2 is 2.05 bits per heavy atom. The van der Waals surface area contributed by atoms with Crippen LogP contribution in [0.1, 0.15) is 5.56 Å². The van der Waals surface area contributed by atoms with Crippen molar-refractivity contribution < 1.29 is 9.84 Å². The highest BCUT2D eigenvalue weighted by molar-refractivity contribution is 5.89. The van der Waals surface area contributed by atoms with Crippen LogP contribution in [0, 0.1) is 6.92 Å². The summed E-state index contributed by atoms with van der Waals surface area (Å²) in [6.45, 7) is 1.97. The number of phenols is 1. The van der Waals surface area contributed by atoms with E-state index in [1.165, 1.54) is 6.33 Å². The molecule has 5 nitrogen and oxygen atoms in total. The number of aromatic nitrogens is 2. The highest BCUT2D eigenvalue weighted by Crippen LogP contribution is 2.35. The second-order valence-corrected chi connectivity index (χ2v) is 4.83. The van der Waals surface area contributed by atoms with Crippen LogP contribution >= 0.6 is 0 Å². The normalized spacial score (nSPS) is 10.8. The zero-order chi connectivity index (χ0) is 15.0. The van der Waals surface area contributed by atoms with Gasteiger partial charge in [0.25, 0.3) is 5.56 Å². The first kappa shape index (κ1) is 13.2. The summed E-state index contributed by atoms with van der Waals surface area (Å²) in [4.78, 5) is 18.4. The van der Waals surface area contributed by atoms with Crippen molar-refractivity contribution in [2.24, 2.45) is 0 Å². The monoisotopic (exact) mass is 282 g/mol. The Morgan fingerprint density at radius 1 is 1.24 bits per heavy atom. The molecule has 0 aliphatic carbocycles. The van der Waals surface area contributed by atoms with Crippen molar-refractivity contribution in [3.63, 3.8) is 0 Å². The highest BCUT2D eigenvalue weighted by atomic mass is 16.5. The molecule has 0 amide bonds. The van der Waals surface area contributed by atoms with Gasteiger partial charge < -0.3 is 14.8 Å². The lowest BCUT2D eigenvalue weighted by Gasteiger charge is -2.11. The van der Waals surface area contributed by atoms with Gasteiger partial charge in [0.05, 0.1) is 18.8 Å². The Bertz CT molecular complexity index is 884. The Hall–Kier alpha value is -2.82. The van der Waals surface area contributed by atoms with Gasteiger partial charge in [0.2, 0.25) is 0 Å². The summed E-state index contributed by atoms with van der Waals surface area (Å²) in [7, 11) is 1.59. The number of ether oxygens (including phenoxy) is 1. The van der Waals surface area contributed by atoms with Crippen molar-refractivity contribution in [2.45, 2.75) is 6.92 Å². The minimum absolute atomic E-state index is 0.0304. The number of rotatable bonds is 2. The van der Waals surface area contributed by atoms with Crippen LogP contribution in [0.25, 0.3) is 22.0 Å². The fraction of sp³-hybridized carbons (Fsp3) is 0.125. The molecule has 106 valence electrons. The number of hydrogen-bond acceptors (Lipinski definition) is 4. The number of methoxy groups -OCH3 is 1. The van der Waals surface area contributed by atoms with E-state index in [9.17, 15) is 9.90 Å². The van der Waals surface area contributed by atoms with Crippen LogP contribution in [0.15, 0.2) is 41.5 Å². The number of fused-ring (bicyclic) bond motifs is 1. The molecule has 0 aliphatic rings. The Kier molecular flexibility index (Phi) is 3.10. The van der Waals surface area contributed by atoms with Gasteiger partial charge in [0, 0.05) is 5.56 Å². The average molecular weight is 282 g/mol. The van der Waals surface area contributed by atoms with Crippen molar-refractivity contribution in [3.05, 3.63) is 52.6 Å². The van der Waals surface area contributed by atoms with Crippen LogP contribution in [0.3, 0.4) is 0 Å². The smallest absolute Gasteiger partial charge is 0.258 e. The van der Waals surface area contributed by atoms with E-state index < -0.39 is 0 Å². The van der Waals surface area contributed by atoms with E-state index in [-0.39, 0.29) is 16.8 Å². The standard InChI is InChI=1S/C16H14N2O3/c1-9-3-4-14(21-2)11(5-9)10-6-12-15(13(19)7-10)17-8-18-16(12)20/h3-8,19H,1-2H3,(H,17,18,20). The number of nitrogens with one attached hydrogen (secondary N) is 1. The van der Waals surface area contributed by atoms with E-state index in [0.717, 1.165) is 11.1 Å². The van der Waals surface area contributed by atoms with E-state index in [2.05, 4.69) is 9.97 Å². The minimum atomic E-state index is -0.288. The molecule has 1 heterocycles. The molecule has 0 unspecified atom stereocenters. The van der Waals surface area contributed by atoms with Crippen molar-refractivity contribution in [2.75, 3.05) is 7.11 Å². The van der Waals surface area contributed by atoms with E-state index in [4.69, 9.17) is 4.74 Å². The van der Waals surface area contributed by atoms with Crippen LogP contribution in [-0.4, -0.2) is 22.2 Å². The van der Waals surface area contributed by atoms with E-state index >= 15 is 0 Å². The molecular weight excluding hydrogens is 268 g/mol. The molecule has 0 fully saturated rings. The number of hydrogen-bond donors (Lipinski definition) is 2. The quantitative estimate of drug-likeness (QED) is 0.757. The van der Waals surface area contributed by atoms with Gasteiger partial charge in [-0.25, -0.2) is 4.98 Å². The molecule has 0 aliphatic heterocycles. The molecule has 1 aromatic heterocycles. The first-order valence-corrected chi connectivity index (χ1v) is 6.45. The lowest BCUT2D eigenvalue weighted by Crippen LogP contribution is -2.06. The third-order valence-electron chi connectivity index (χ3n) is 3.39. The highest BCUT2D eigenvalue weighted by Gasteiger charge is 2.12. The summed E-state index contributed by atoms with van der Waals surface area (Å²) in [5, 5.41) is 10.5. The molecule has 0 saturated carbocycles. The van der Waals surface area contributed by atoms with Gasteiger partial charge in [-0.05, 0) is 36.8 Å². The number of nitrogens with zero attached hydrogens (tertiary/aromatic N) is 1. The van der Waals surface area contributed by atoms with Crippen LogP contribution in [0.4, 0.5) is 0 Å². The summed E-state index contributed by atoms with van der Waals surface area (Å²) in [6.07, 6.45) is 1.28. The number of aryl methyl sites for hydroxylation is 1. The topological polar surface area (TPSA) is 75.2 Å². The number of H-pyrrole nitrogens is 1. The Labute approximate surface area is 120 Å². The lowest BCUT2D eigenvalue weighted by molar-refractivity contribution is 0.416. The maximum Gasteiger partial charge on any atom is 0.258 e.